The molecule has 0 aliphatic carbocycles. The Labute approximate surface area is 99.5 Å². The Morgan fingerprint density at radius 3 is 2.56 bits per heavy atom. The minimum Gasteiger partial charge on any atom is -0.480 e. The molecular formula is C8H5Cl2NO5. The SMILES string of the molecule is O=C(O)COc1cc(Cl)c([N+](=O)[O-])cc1Cl. The van der Waals surface area contributed by atoms with Gasteiger partial charge in [-0.05, 0) is 0 Å². The largest absolute Gasteiger partial charge is 0.480 e. The van der Waals surface area contributed by atoms with Crippen molar-refractivity contribution in [3.63, 3.8) is 0 Å². The van der Waals surface area contributed by atoms with E-state index in [1.54, 1.807) is 0 Å². The van der Waals surface area contributed by atoms with Gasteiger partial charge in [-0.3, -0.25) is 10.1 Å². The molecule has 0 aromatic heterocycles. The van der Waals surface area contributed by atoms with E-state index in [1.807, 2.05) is 0 Å². The second kappa shape index (κ2) is 5.00. The van der Waals surface area contributed by atoms with Crippen LogP contribution in [0.25, 0.3) is 0 Å². The number of hydrogen-bond acceptors (Lipinski definition) is 4. The van der Waals surface area contributed by atoms with Gasteiger partial charge >= 0.3 is 5.97 Å². The first kappa shape index (κ1) is 12.5. The molecule has 6 nitrogen and oxygen atoms in total. The van der Waals surface area contributed by atoms with Crippen LogP contribution in [0.4, 0.5) is 5.69 Å². The molecule has 1 rings (SSSR count). The number of halogens is 2. The van der Waals surface area contributed by atoms with Gasteiger partial charge in [-0.15, -0.1) is 0 Å². The molecule has 1 N–H and O–H groups in total. The molecule has 0 bridgehead atoms. The van der Waals surface area contributed by atoms with Crippen molar-refractivity contribution in [2.75, 3.05) is 6.61 Å². The topological polar surface area (TPSA) is 89.7 Å². The Bertz CT molecular complexity index is 448. The van der Waals surface area contributed by atoms with Crippen LogP contribution in [0.3, 0.4) is 0 Å². The number of benzene rings is 1. The van der Waals surface area contributed by atoms with Gasteiger partial charge in [0, 0.05) is 12.1 Å². The Balaban J connectivity index is 3.01. The zero-order chi connectivity index (χ0) is 12.3. The molecule has 0 unspecified atom stereocenters. The van der Waals surface area contributed by atoms with Gasteiger partial charge in [0.15, 0.2) is 6.61 Å². The van der Waals surface area contributed by atoms with Gasteiger partial charge in [0.25, 0.3) is 5.69 Å². The fourth-order valence-electron chi connectivity index (χ4n) is 0.908. The summed E-state index contributed by atoms with van der Waals surface area (Å²) in [5, 5.41) is 18.6. The average molecular weight is 266 g/mol. The number of nitro benzene ring substituents is 1. The Morgan fingerprint density at radius 2 is 2.06 bits per heavy atom. The number of nitro groups is 1. The predicted octanol–water partition coefficient (Wildman–Crippen LogP) is 2.37. The Morgan fingerprint density at radius 1 is 1.44 bits per heavy atom. The molecule has 0 aliphatic heterocycles. The van der Waals surface area contributed by atoms with Crippen LogP contribution in [0.2, 0.25) is 10.0 Å². The van der Waals surface area contributed by atoms with Crippen molar-refractivity contribution in [3.05, 3.63) is 32.3 Å². The van der Waals surface area contributed by atoms with E-state index in [2.05, 4.69) is 0 Å². The number of carboxylic acid groups (broad SMARTS) is 1. The van der Waals surface area contributed by atoms with Crippen LogP contribution in [0.15, 0.2) is 12.1 Å². The lowest BCUT2D eigenvalue weighted by Gasteiger charge is -2.05. The second-order valence-electron chi connectivity index (χ2n) is 2.67. The summed E-state index contributed by atoms with van der Waals surface area (Å²) in [5.74, 6) is -1.20. The minimum absolute atomic E-state index is 0.0142. The van der Waals surface area contributed by atoms with Gasteiger partial charge in [0.05, 0.1) is 9.95 Å². The molecule has 8 heteroatoms. The van der Waals surface area contributed by atoms with Gasteiger partial charge in [0.1, 0.15) is 10.8 Å². The maximum absolute atomic E-state index is 10.5. The maximum Gasteiger partial charge on any atom is 0.341 e. The van der Waals surface area contributed by atoms with E-state index in [0.29, 0.717) is 0 Å². The third kappa shape index (κ3) is 2.98. The summed E-state index contributed by atoms with van der Waals surface area (Å²) < 4.78 is 4.78. The number of nitrogens with zero attached hydrogens (tertiary/aromatic N) is 1. The number of carbonyl (C=O) groups is 1. The molecule has 0 atom stereocenters. The Kier molecular flexibility index (Phi) is 3.92. The van der Waals surface area contributed by atoms with Gasteiger partial charge in [0.2, 0.25) is 0 Å². The number of aliphatic carboxylic acids is 1. The van der Waals surface area contributed by atoms with E-state index in [-0.39, 0.29) is 21.5 Å². The molecule has 0 amide bonds. The van der Waals surface area contributed by atoms with Crippen molar-refractivity contribution in [2.24, 2.45) is 0 Å². The number of ether oxygens (including phenoxy) is 1. The summed E-state index contributed by atoms with van der Waals surface area (Å²) in [7, 11) is 0. The number of carboxylic acids is 1. The van der Waals surface area contributed by atoms with Crippen LogP contribution in [0.5, 0.6) is 5.75 Å². The van der Waals surface area contributed by atoms with Crippen molar-refractivity contribution in [1.82, 2.24) is 0 Å². The van der Waals surface area contributed by atoms with E-state index >= 15 is 0 Å². The highest BCUT2D eigenvalue weighted by atomic mass is 35.5. The molecule has 86 valence electrons. The first-order chi connectivity index (χ1) is 7.41. The van der Waals surface area contributed by atoms with E-state index in [4.69, 9.17) is 33.0 Å². The van der Waals surface area contributed by atoms with Gasteiger partial charge < -0.3 is 9.84 Å². The van der Waals surface area contributed by atoms with Crippen molar-refractivity contribution in [2.45, 2.75) is 0 Å². The molecule has 0 radical (unpaired) electrons. The fourth-order valence-corrected chi connectivity index (χ4v) is 1.34. The van der Waals surface area contributed by atoms with Crippen molar-refractivity contribution in [1.29, 1.82) is 0 Å². The van der Waals surface area contributed by atoms with Crippen LogP contribution in [-0.2, 0) is 4.79 Å². The highest BCUT2D eigenvalue weighted by Gasteiger charge is 2.17. The maximum atomic E-state index is 10.5. The summed E-state index contributed by atoms with van der Waals surface area (Å²) in [6.45, 7) is -0.603. The van der Waals surface area contributed by atoms with E-state index in [9.17, 15) is 14.9 Å². The lowest BCUT2D eigenvalue weighted by atomic mass is 10.3. The van der Waals surface area contributed by atoms with Crippen molar-refractivity contribution < 1.29 is 19.6 Å². The second-order valence-corrected chi connectivity index (χ2v) is 3.49. The lowest BCUT2D eigenvalue weighted by Crippen LogP contribution is -2.09. The lowest BCUT2D eigenvalue weighted by molar-refractivity contribution is -0.384. The molecule has 0 saturated heterocycles. The van der Waals surface area contributed by atoms with Gasteiger partial charge in [-0.25, -0.2) is 4.79 Å². The fraction of sp³-hybridized carbons (Fsp3) is 0.125. The summed E-state index contributed by atoms with van der Waals surface area (Å²) in [6, 6.07) is 2.10. The van der Waals surface area contributed by atoms with Crippen LogP contribution < -0.4 is 4.74 Å². The molecule has 0 fully saturated rings. The van der Waals surface area contributed by atoms with Gasteiger partial charge in [-0.1, -0.05) is 23.2 Å². The zero-order valence-corrected chi connectivity index (χ0v) is 9.16. The van der Waals surface area contributed by atoms with Crippen LogP contribution in [0, 0.1) is 10.1 Å². The van der Waals surface area contributed by atoms with Gasteiger partial charge in [-0.2, -0.15) is 0 Å². The first-order valence-electron chi connectivity index (χ1n) is 3.90. The normalized spacial score (nSPS) is 9.88. The Hall–Kier alpha value is -1.53. The van der Waals surface area contributed by atoms with Crippen LogP contribution >= 0.6 is 23.2 Å². The molecule has 16 heavy (non-hydrogen) atoms. The predicted molar refractivity (Wildman–Crippen MR) is 56.2 cm³/mol. The molecule has 0 aliphatic rings. The molecule has 0 saturated carbocycles. The monoisotopic (exact) mass is 265 g/mol. The molecule has 1 aromatic carbocycles. The minimum atomic E-state index is -1.19. The third-order valence-corrected chi connectivity index (χ3v) is 2.15. The summed E-state index contributed by atoms with van der Waals surface area (Å²) in [6.07, 6.45) is 0. The molecule has 0 heterocycles. The van der Waals surface area contributed by atoms with Crippen molar-refractivity contribution >= 4 is 34.9 Å². The first-order valence-corrected chi connectivity index (χ1v) is 4.65. The third-order valence-electron chi connectivity index (χ3n) is 1.55. The van der Waals surface area contributed by atoms with E-state index in [1.165, 1.54) is 0 Å². The van der Waals surface area contributed by atoms with E-state index in [0.717, 1.165) is 12.1 Å². The number of hydrogen-bond donors (Lipinski definition) is 1. The average Bonchev–Trinajstić information content (AvgIpc) is 2.18. The standard InChI is InChI=1S/C8H5Cl2NO5/c9-4-2-7(16-3-8(12)13)5(10)1-6(4)11(14)15/h1-2H,3H2,(H,12,13). The van der Waals surface area contributed by atoms with E-state index < -0.39 is 17.5 Å². The molecular weight excluding hydrogens is 261 g/mol. The summed E-state index contributed by atoms with van der Waals surface area (Å²) >= 11 is 11.2. The highest BCUT2D eigenvalue weighted by Crippen LogP contribution is 2.35. The number of rotatable bonds is 4. The zero-order valence-electron chi connectivity index (χ0n) is 7.65. The highest BCUT2D eigenvalue weighted by molar-refractivity contribution is 6.35. The smallest absolute Gasteiger partial charge is 0.341 e. The summed E-state index contributed by atoms with van der Waals surface area (Å²) in [5.41, 5.74) is -0.366. The molecule has 1 aromatic rings. The van der Waals surface area contributed by atoms with Crippen LogP contribution in [-0.4, -0.2) is 22.6 Å². The van der Waals surface area contributed by atoms with Crippen LogP contribution in [0.1, 0.15) is 0 Å². The molecule has 0 spiro atoms. The summed E-state index contributed by atoms with van der Waals surface area (Å²) in [4.78, 5) is 20.0. The van der Waals surface area contributed by atoms with Crippen molar-refractivity contribution in [3.8, 4) is 5.75 Å². The quantitative estimate of drug-likeness (QED) is 0.667.